The number of rotatable bonds is 3. The van der Waals surface area contributed by atoms with Crippen molar-refractivity contribution in [3.8, 4) is 0 Å². The highest BCUT2D eigenvalue weighted by Gasteiger charge is 2.35. The number of hydrogen-bond donors (Lipinski definition) is 1. The summed E-state index contributed by atoms with van der Waals surface area (Å²) in [7, 11) is 1.27. The summed E-state index contributed by atoms with van der Waals surface area (Å²) >= 11 is 0. The van der Waals surface area contributed by atoms with Crippen molar-refractivity contribution in [1.29, 1.82) is 0 Å². The molecule has 0 aromatic rings. The molecule has 2 amide bonds. The third kappa shape index (κ3) is 2.80. The van der Waals surface area contributed by atoms with Crippen LogP contribution in [-0.4, -0.2) is 35.9 Å². The van der Waals surface area contributed by atoms with Crippen LogP contribution >= 0.6 is 0 Å². The normalized spacial score (nSPS) is 20.0. The standard InChI is InChI=1S/C9H12N2O4/c1-6(12)10-11-7(5-8(11)13)3-4-9(14)15-2/h3-4,7H,5H2,1-2H3,(H,10,12). The quantitative estimate of drug-likeness (QED) is 0.384. The first kappa shape index (κ1) is 11.2. The van der Waals surface area contributed by atoms with Crippen molar-refractivity contribution >= 4 is 17.8 Å². The Bertz CT molecular complexity index is 324. The summed E-state index contributed by atoms with van der Waals surface area (Å²) in [5.41, 5.74) is 2.36. The Labute approximate surface area is 86.8 Å². The van der Waals surface area contributed by atoms with Crippen molar-refractivity contribution in [2.45, 2.75) is 19.4 Å². The van der Waals surface area contributed by atoms with Gasteiger partial charge in [0.1, 0.15) is 0 Å². The lowest BCUT2D eigenvalue weighted by Crippen LogP contribution is -2.59. The topological polar surface area (TPSA) is 75.7 Å². The lowest BCUT2D eigenvalue weighted by atomic mass is 10.0. The first-order valence-electron chi connectivity index (χ1n) is 4.40. The Hall–Kier alpha value is -1.85. The Balaban J connectivity index is 2.50. The average Bonchev–Trinajstić information content (AvgIpc) is 2.20. The fraction of sp³-hybridized carbons (Fsp3) is 0.444. The van der Waals surface area contributed by atoms with E-state index >= 15 is 0 Å². The Morgan fingerprint density at radius 2 is 2.27 bits per heavy atom. The lowest BCUT2D eigenvalue weighted by molar-refractivity contribution is -0.153. The Kier molecular flexibility index (Phi) is 3.43. The molecule has 1 aliphatic heterocycles. The smallest absolute Gasteiger partial charge is 0.330 e. The second-order valence-corrected chi connectivity index (χ2v) is 3.09. The monoisotopic (exact) mass is 212 g/mol. The van der Waals surface area contributed by atoms with Crippen LogP contribution in [0.15, 0.2) is 12.2 Å². The van der Waals surface area contributed by atoms with E-state index < -0.39 is 5.97 Å². The van der Waals surface area contributed by atoms with E-state index in [1.165, 1.54) is 31.2 Å². The first-order chi connectivity index (χ1) is 7.04. The Morgan fingerprint density at radius 3 is 2.73 bits per heavy atom. The number of amides is 2. The Morgan fingerprint density at radius 1 is 1.60 bits per heavy atom. The van der Waals surface area contributed by atoms with Gasteiger partial charge in [0.15, 0.2) is 0 Å². The molecule has 1 N–H and O–H groups in total. The largest absolute Gasteiger partial charge is 0.466 e. The molecule has 0 bridgehead atoms. The van der Waals surface area contributed by atoms with Crippen LogP contribution in [0, 0.1) is 0 Å². The van der Waals surface area contributed by atoms with Gasteiger partial charge in [-0.05, 0) is 0 Å². The molecular weight excluding hydrogens is 200 g/mol. The van der Waals surface area contributed by atoms with Crippen molar-refractivity contribution in [2.24, 2.45) is 0 Å². The SMILES string of the molecule is COC(=O)C=CC1CC(=O)N1NC(C)=O. The van der Waals surface area contributed by atoms with Gasteiger partial charge in [-0.25, -0.2) is 9.80 Å². The molecule has 1 unspecified atom stereocenters. The van der Waals surface area contributed by atoms with Crippen LogP contribution in [0.4, 0.5) is 0 Å². The summed E-state index contributed by atoms with van der Waals surface area (Å²) in [5, 5.41) is 1.18. The second kappa shape index (κ2) is 4.59. The molecule has 1 atom stereocenters. The maximum absolute atomic E-state index is 11.1. The molecule has 0 aliphatic carbocycles. The number of hydrogen-bond acceptors (Lipinski definition) is 4. The molecular formula is C9H12N2O4. The van der Waals surface area contributed by atoms with Gasteiger partial charge in [-0.15, -0.1) is 0 Å². The number of ether oxygens (including phenoxy) is 1. The van der Waals surface area contributed by atoms with Gasteiger partial charge in [-0.1, -0.05) is 6.08 Å². The third-order valence-electron chi connectivity index (χ3n) is 1.92. The third-order valence-corrected chi connectivity index (χ3v) is 1.92. The molecule has 82 valence electrons. The zero-order valence-corrected chi connectivity index (χ0v) is 8.52. The molecule has 0 spiro atoms. The average molecular weight is 212 g/mol. The summed E-state index contributed by atoms with van der Waals surface area (Å²) < 4.78 is 4.40. The second-order valence-electron chi connectivity index (χ2n) is 3.09. The molecule has 0 radical (unpaired) electrons. The van der Waals surface area contributed by atoms with Crippen molar-refractivity contribution in [2.75, 3.05) is 7.11 Å². The highest BCUT2D eigenvalue weighted by molar-refractivity contribution is 5.88. The summed E-state index contributed by atoms with van der Waals surface area (Å²) in [5.74, 6) is -0.985. The summed E-state index contributed by atoms with van der Waals surface area (Å²) in [6, 6.07) is -0.263. The van der Waals surface area contributed by atoms with Gasteiger partial charge in [-0.3, -0.25) is 15.0 Å². The minimum Gasteiger partial charge on any atom is -0.466 e. The van der Waals surface area contributed by atoms with Crippen LogP contribution in [-0.2, 0) is 19.1 Å². The first-order valence-corrected chi connectivity index (χ1v) is 4.40. The van der Waals surface area contributed by atoms with Crippen molar-refractivity contribution in [1.82, 2.24) is 10.4 Å². The maximum atomic E-state index is 11.1. The van der Waals surface area contributed by atoms with E-state index in [0.717, 1.165) is 0 Å². The van der Waals surface area contributed by atoms with Gasteiger partial charge >= 0.3 is 5.97 Å². The van der Waals surface area contributed by atoms with Crippen molar-refractivity contribution in [3.63, 3.8) is 0 Å². The van der Waals surface area contributed by atoms with Gasteiger partial charge in [0.2, 0.25) is 11.8 Å². The van der Waals surface area contributed by atoms with E-state index in [4.69, 9.17) is 0 Å². The number of nitrogens with one attached hydrogen (secondary N) is 1. The molecule has 1 heterocycles. The number of esters is 1. The molecule has 0 aromatic heterocycles. The van der Waals surface area contributed by atoms with E-state index in [1.807, 2.05) is 0 Å². The van der Waals surface area contributed by atoms with E-state index in [9.17, 15) is 14.4 Å². The molecule has 1 rings (SSSR count). The van der Waals surface area contributed by atoms with Crippen LogP contribution in [0.2, 0.25) is 0 Å². The van der Waals surface area contributed by atoms with E-state index in [2.05, 4.69) is 10.2 Å². The van der Waals surface area contributed by atoms with E-state index in [-0.39, 0.29) is 24.3 Å². The molecule has 1 fully saturated rings. The van der Waals surface area contributed by atoms with E-state index in [1.54, 1.807) is 0 Å². The van der Waals surface area contributed by atoms with Crippen molar-refractivity contribution < 1.29 is 19.1 Å². The van der Waals surface area contributed by atoms with E-state index in [0.29, 0.717) is 0 Å². The van der Waals surface area contributed by atoms with Crippen LogP contribution in [0.3, 0.4) is 0 Å². The fourth-order valence-electron chi connectivity index (χ4n) is 1.17. The number of hydrazine groups is 1. The summed E-state index contributed by atoms with van der Waals surface area (Å²) in [6.45, 7) is 1.31. The summed E-state index contributed by atoms with van der Waals surface area (Å²) in [4.78, 5) is 32.5. The van der Waals surface area contributed by atoms with Crippen LogP contribution in [0.5, 0.6) is 0 Å². The summed E-state index contributed by atoms with van der Waals surface area (Å²) in [6.07, 6.45) is 3.03. The lowest BCUT2D eigenvalue weighted by Gasteiger charge is -2.37. The van der Waals surface area contributed by atoms with Gasteiger partial charge < -0.3 is 4.74 Å². The van der Waals surface area contributed by atoms with Crippen LogP contribution in [0.25, 0.3) is 0 Å². The minimum absolute atomic E-state index is 0.176. The zero-order chi connectivity index (χ0) is 11.4. The van der Waals surface area contributed by atoms with Crippen molar-refractivity contribution in [3.05, 3.63) is 12.2 Å². The predicted molar refractivity (Wildman–Crippen MR) is 50.2 cm³/mol. The van der Waals surface area contributed by atoms with Gasteiger partial charge in [0.05, 0.1) is 19.6 Å². The van der Waals surface area contributed by atoms with Crippen LogP contribution < -0.4 is 5.43 Å². The maximum Gasteiger partial charge on any atom is 0.330 e. The fourth-order valence-corrected chi connectivity index (χ4v) is 1.17. The molecule has 1 aliphatic rings. The highest BCUT2D eigenvalue weighted by Crippen LogP contribution is 2.17. The van der Waals surface area contributed by atoms with Crippen LogP contribution in [0.1, 0.15) is 13.3 Å². The minimum atomic E-state index is -0.489. The molecule has 0 saturated carbocycles. The van der Waals surface area contributed by atoms with Gasteiger partial charge in [-0.2, -0.15) is 0 Å². The number of methoxy groups -OCH3 is 1. The molecule has 0 aromatic carbocycles. The van der Waals surface area contributed by atoms with Gasteiger partial charge in [0, 0.05) is 13.0 Å². The number of nitrogens with zero attached hydrogens (tertiary/aromatic N) is 1. The molecule has 15 heavy (non-hydrogen) atoms. The van der Waals surface area contributed by atoms with Gasteiger partial charge in [0.25, 0.3) is 0 Å². The highest BCUT2D eigenvalue weighted by atomic mass is 16.5. The zero-order valence-electron chi connectivity index (χ0n) is 8.52. The molecule has 6 nitrogen and oxygen atoms in total. The number of carbonyl (C=O) groups excluding carboxylic acids is 3. The molecule has 6 heteroatoms. The predicted octanol–water partition coefficient (Wildman–Crippen LogP) is -0.632. The number of β-lactam (4-membered cyclic amide) rings is 1. The number of carbonyl (C=O) groups is 3. The molecule has 1 saturated heterocycles.